The molecule has 5 nitrogen and oxygen atoms in total. The predicted molar refractivity (Wildman–Crippen MR) is 58.4 cm³/mol. The SMILES string of the molecule is O=[N+]([O-])c1cc(F)ccc1N1CC[N-]CC1.[Ac]. The van der Waals surface area contributed by atoms with E-state index in [9.17, 15) is 14.5 Å². The van der Waals surface area contributed by atoms with E-state index in [0.29, 0.717) is 31.9 Å². The standard InChI is InChI=1S/C10H11FN3O2.Ac/c11-8-1-2-9(10(7-8)14(15)16)13-5-3-12-4-6-13;/h1-2,7H,3-6H2;/q-1;. The molecule has 1 heterocycles. The minimum Gasteiger partial charge on any atom is -0.659 e. The largest absolute Gasteiger partial charge is 0.659 e. The Hall–Kier alpha value is -0.248. The molecule has 1 aliphatic heterocycles. The zero-order valence-corrected chi connectivity index (χ0v) is 13.9. The molecule has 1 aromatic rings. The number of piperazine rings is 1. The van der Waals surface area contributed by atoms with Crippen molar-refractivity contribution in [3.63, 3.8) is 0 Å². The van der Waals surface area contributed by atoms with Crippen LogP contribution in [0.2, 0.25) is 0 Å². The van der Waals surface area contributed by atoms with E-state index in [-0.39, 0.29) is 49.7 Å². The number of nitro groups is 1. The maximum Gasteiger partial charge on any atom is 0.295 e. The van der Waals surface area contributed by atoms with Gasteiger partial charge in [-0.15, -0.1) is 13.1 Å². The van der Waals surface area contributed by atoms with Gasteiger partial charge >= 0.3 is 0 Å². The maximum absolute atomic E-state index is 12.9. The Morgan fingerprint density at radius 2 is 2.00 bits per heavy atom. The van der Waals surface area contributed by atoms with Crippen LogP contribution in [0.5, 0.6) is 0 Å². The number of hydrogen-bond donors (Lipinski definition) is 0. The van der Waals surface area contributed by atoms with Crippen molar-refractivity contribution in [2.24, 2.45) is 0 Å². The number of nitro benzene ring substituents is 1. The van der Waals surface area contributed by atoms with Crippen LogP contribution >= 0.6 is 0 Å². The molecular weight excluding hydrogens is 440 g/mol. The first-order chi connectivity index (χ1) is 7.68. The van der Waals surface area contributed by atoms with Crippen molar-refractivity contribution in [3.8, 4) is 0 Å². The van der Waals surface area contributed by atoms with Gasteiger partial charge in [-0.1, -0.05) is 0 Å². The van der Waals surface area contributed by atoms with Crippen LogP contribution in [0.4, 0.5) is 15.8 Å². The van der Waals surface area contributed by atoms with Crippen LogP contribution in [0.3, 0.4) is 0 Å². The van der Waals surface area contributed by atoms with Crippen LogP contribution in [0.1, 0.15) is 0 Å². The summed E-state index contributed by atoms with van der Waals surface area (Å²) < 4.78 is 12.9. The van der Waals surface area contributed by atoms with Crippen molar-refractivity contribution in [3.05, 3.63) is 39.4 Å². The molecule has 1 aromatic carbocycles. The molecule has 0 atom stereocenters. The van der Waals surface area contributed by atoms with Gasteiger partial charge in [-0.05, 0) is 25.2 Å². The average Bonchev–Trinajstić information content (AvgIpc) is 2.30. The average molecular weight is 451 g/mol. The predicted octanol–water partition coefficient (Wildman–Crippen LogP) is 1.93. The molecule has 2 rings (SSSR count). The van der Waals surface area contributed by atoms with E-state index in [0.717, 1.165) is 6.07 Å². The molecular formula is C10H11AcFN3O2-. The van der Waals surface area contributed by atoms with E-state index in [1.54, 1.807) is 0 Å². The molecule has 0 unspecified atom stereocenters. The quantitative estimate of drug-likeness (QED) is 0.510. The van der Waals surface area contributed by atoms with Gasteiger partial charge < -0.3 is 10.2 Å². The molecule has 0 N–H and O–H groups in total. The van der Waals surface area contributed by atoms with Crippen molar-refractivity contribution in [1.29, 1.82) is 0 Å². The fourth-order valence-electron chi connectivity index (χ4n) is 1.76. The van der Waals surface area contributed by atoms with E-state index >= 15 is 0 Å². The third-order valence-electron chi connectivity index (χ3n) is 2.53. The Kier molecular flexibility index (Phi) is 5.77. The Morgan fingerprint density at radius 1 is 1.35 bits per heavy atom. The molecule has 0 aliphatic carbocycles. The van der Waals surface area contributed by atoms with Gasteiger partial charge in [-0.25, -0.2) is 4.39 Å². The summed E-state index contributed by atoms with van der Waals surface area (Å²) in [5.74, 6) is -0.586. The summed E-state index contributed by atoms with van der Waals surface area (Å²) >= 11 is 0. The summed E-state index contributed by atoms with van der Waals surface area (Å²) in [4.78, 5) is 12.1. The number of benzene rings is 1. The first-order valence-electron chi connectivity index (χ1n) is 5.00. The molecule has 7 heteroatoms. The van der Waals surface area contributed by atoms with Gasteiger partial charge in [0.25, 0.3) is 5.69 Å². The van der Waals surface area contributed by atoms with Crippen LogP contribution in [0, 0.1) is 60.0 Å². The van der Waals surface area contributed by atoms with Gasteiger partial charge in [-0.2, -0.15) is 0 Å². The second-order valence-electron chi connectivity index (χ2n) is 3.55. The number of rotatable bonds is 2. The van der Waals surface area contributed by atoms with Crippen molar-refractivity contribution >= 4 is 11.4 Å². The van der Waals surface area contributed by atoms with Crippen LogP contribution in [0.25, 0.3) is 5.32 Å². The van der Waals surface area contributed by atoms with Gasteiger partial charge in [0.05, 0.1) is 11.0 Å². The molecule has 1 saturated heterocycles. The van der Waals surface area contributed by atoms with Crippen LogP contribution < -0.4 is 4.90 Å². The molecule has 0 spiro atoms. The van der Waals surface area contributed by atoms with Crippen molar-refractivity contribution in [2.75, 3.05) is 31.1 Å². The molecule has 1 fully saturated rings. The third-order valence-corrected chi connectivity index (χ3v) is 2.53. The zero-order valence-electron chi connectivity index (χ0n) is 9.17. The van der Waals surface area contributed by atoms with E-state index in [1.165, 1.54) is 12.1 Å². The number of nitrogens with zero attached hydrogens (tertiary/aromatic N) is 3. The molecule has 89 valence electrons. The summed E-state index contributed by atoms with van der Waals surface area (Å²) in [7, 11) is 0. The first kappa shape index (κ1) is 14.8. The normalized spacial score (nSPS) is 15.2. The van der Waals surface area contributed by atoms with Crippen molar-refractivity contribution in [1.82, 2.24) is 0 Å². The zero-order chi connectivity index (χ0) is 11.5. The van der Waals surface area contributed by atoms with Gasteiger partial charge in [0.1, 0.15) is 11.5 Å². The maximum atomic E-state index is 12.9. The Balaban J connectivity index is 0.00000144. The van der Waals surface area contributed by atoms with Crippen LogP contribution in [0.15, 0.2) is 18.2 Å². The summed E-state index contributed by atoms with van der Waals surface area (Å²) in [6.07, 6.45) is 0. The van der Waals surface area contributed by atoms with E-state index in [4.69, 9.17) is 0 Å². The van der Waals surface area contributed by atoms with Gasteiger partial charge in [-0.3, -0.25) is 10.1 Å². The molecule has 1 aliphatic rings. The van der Waals surface area contributed by atoms with Crippen LogP contribution in [-0.2, 0) is 0 Å². The monoisotopic (exact) mass is 451 g/mol. The summed E-state index contributed by atoms with van der Waals surface area (Å²) in [5, 5.41) is 15.0. The Labute approximate surface area is 134 Å². The van der Waals surface area contributed by atoms with Crippen LogP contribution in [-0.4, -0.2) is 31.1 Å². The number of halogens is 1. The van der Waals surface area contributed by atoms with Crippen molar-refractivity contribution in [2.45, 2.75) is 0 Å². The molecule has 17 heavy (non-hydrogen) atoms. The molecule has 0 bridgehead atoms. The minimum atomic E-state index is -0.586. The number of hydrogen-bond acceptors (Lipinski definition) is 3. The number of anilines is 1. The third kappa shape index (κ3) is 3.60. The molecule has 0 saturated carbocycles. The van der Waals surface area contributed by atoms with Gasteiger partial charge in [0.2, 0.25) is 0 Å². The second-order valence-corrected chi connectivity index (χ2v) is 3.55. The topological polar surface area (TPSA) is 60.5 Å². The first-order valence-corrected chi connectivity index (χ1v) is 5.00. The van der Waals surface area contributed by atoms with E-state index in [1.807, 2.05) is 4.90 Å². The van der Waals surface area contributed by atoms with Gasteiger partial charge in [0.15, 0.2) is 0 Å². The van der Waals surface area contributed by atoms with E-state index < -0.39 is 10.7 Å². The fraction of sp³-hybridized carbons (Fsp3) is 0.400. The molecule has 0 aromatic heterocycles. The fourth-order valence-corrected chi connectivity index (χ4v) is 1.76. The second kappa shape index (κ2) is 6.62. The Bertz CT molecular complexity index is 411. The molecule has 0 amide bonds. The van der Waals surface area contributed by atoms with Gasteiger partial charge in [0, 0.05) is 44.1 Å². The summed E-state index contributed by atoms with van der Waals surface area (Å²) in [5.41, 5.74) is 0.295. The minimum absolute atomic E-state index is 0. The summed E-state index contributed by atoms with van der Waals surface area (Å²) in [6.45, 7) is 2.61. The van der Waals surface area contributed by atoms with E-state index in [2.05, 4.69) is 5.32 Å². The Morgan fingerprint density at radius 3 is 2.59 bits per heavy atom. The van der Waals surface area contributed by atoms with Crippen molar-refractivity contribution < 1.29 is 53.4 Å². The smallest absolute Gasteiger partial charge is 0.295 e. The molecule has 1 radical (unpaired) electrons. The summed E-state index contributed by atoms with van der Waals surface area (Å²) in [6, 6.07) is 3.66.